The summed E-state index contributed by atoms with van der Waals surface area (Å²) in [5.74, 6) is -0.526. The lowest BCUT2D eigenvalue weighted by molar-refractivity contribution is -0.143. The predicted octanol–water partition coefficient (Wildman–Crippen LogP) is 2.93. The highest BCUT2D eigenvalue weighted by Gasteiger charge is 2.36. The standard InChI is InChI=1S/C18H17NO5/c20-17(21)16-15-7-6-14(24-11-12-4-2-1-3-5-12)10-13(15)8-9-19(16)18(22)23/h1-7,10,16H,8-9,11H2,(H,20,21)(H,22,23). The van der Waals surface area contributed by atoms with Crippen LogP contribution in [0.15, 0.2) is 48.5 Å². The number of amides is 1. The molecule has 6 heteroatoms. The molecule has 6 nitrogen and oxygen atoms in total. The number of carbonyl (C=O) groups is 2. The van der Waals surface area contributed by atoms with E-state index < -0.39 is 18.1 Å². The molecule has 1 aliphatic rings. The van der Waals surface area contributed by atoms with Gasteiger partial charge in [0.05, 0.1) is 0 Å². The number of ether oxygens (including phenoxy) is 1. The lowest BCUT2D eigenvalue weighted by Crippen LogP contribution is -2.42. The van der Waals surface area contributed by atoms with Crippen molar-refractivity contribution in [3.63, 3.8) is 0 Å². The molecule has 1 atom stereocenters. The van der Waals surface area contributed by atoms with Crippen molar-refractivity contribution < 1.29 is 24.5 Å². The van der Waals surface area contributed by atoms with Crippen LogP contribution in [0.5, 0.6) is 5.75 Å². The van der Waals surface area contributed by atoms with E-state index in [1.165, 1.54) is 0 Å². The fourth-order valence-electron chi connectivity index (χ4n) is 2.91. The van der Waals surface area contributed by atoms with Gasteiger partial charge in [-0.05, 0) is 35.2 Å². The van der Waals surface area contributed by atoms with E-state index in [9.17, 15) is 19.8 Å². The van der Waals surface area contributed by atoms with Crippen molar-refractivity contribution in [3.8, 4) is 5.75 Å². The zero-order chi connectivity index (χ0) is 17.1. The Morgan fingerprint density at radius 3 is 2.54 bits per heavy atom. The van der Waals surface area contributed by atoms with Crippen LogP contribution in [-0.2, 0) is 17.8 Å². The number of benzene rings is 2. The Labute approximate surface area is 138 Å². The van der Waals surface area contributed by atoms with Gasteiger partial charge in [0.1, 0.15) is 12.4 Å². The van der Waals surface area contributed by atoms with Crippen molar-refractivity contribution in [2.75, 3.05) is 6.54 Å². The van der Waals surface area contributed by atoms with E-state index in [1.54, 1.807) is 18.2 Å². The van der Waals surface area contributed by atoms with E-state index >= 15 is 0 Å². The van der Waals surface area contributed by atoms with E-state index in [0.29, 0.717) is 24.3 Å². The number of rotatable bonds is 4. The Bertz CT molecular complexity index is 759. The summed E-state index contributed by atoms with van der Waals surface area (Å²) >= 11 is 0. The molecule has 3 rings (SSSR count). The number of fused-ring (bicyclic) bond motifs is 1. The van der Waals surface area contributed by atoms with Gasteiger partial charge in [0, 0.05) is 6.54 Å². The summed E-state index contributed by atoms with van der Waals surface area (Å²) in [6.45, 7) is 0.574. The molecule has 1 unspecified atom stereocenters. The van der Waals surface area contributed by atoms with Crippen molar-refractivity contribution in [1.82, 2.24) is 4.90 Å². The highest BCUT2D eigenvalue weighted by Crippen LogP contribution is 2.32. The van der Waals surface area contributed by atoms with Gasteiger partial charge in [-0.25, -0.2) is 9.59 Å². The van der Waals surface area contributed by atoms with Gasteiger partial charge in [0.25, 0.3) is 0 Å². The van der Waals surface area contributed by atoms with Gasteiger partial charge in [-0.15, -0.1) is 0 Å². The van der Waals surface area contributed by atoms with E-state index in [0.717, 1.165) is 16.0 Å². The fourth-order valence-corrected chi connectivity index (χ4v) is 2.91. The summed E-state index contributed by atoms with van der Waals surface area (Å²) in [6.07, 6.45) is -0.758. The van der Waals surface area contributed by atoms with Crippen LogP contribution in [0.4, 0.5) is 4.79 Å². The van der Waals surface area contributed by atoms with Crippen LogP contribution in [0, 0.1) is 0 Å². The van der Waals surface area contributed by atoms with Gasteiger partial charge in [-0.2, -0.15) is 0 Å². The first-order valence-electron chi connectivity index (χ1n) is 7.58. The number of carboxylic acids is 1. The van der Waals surface area contributed by atoms with Gasteiger partial charge < -0.3 is 14.9 Å². The molecule has 1 amide bonds. The largest absolute Gasteiger partial charge is 0.489 e. The second-order valence-corrected chi connectivity index (χ2v) is 5.60. The van der Waals surface area contributed by atoms with Gasteiger partial charge >= 0.3 is 12.1 Å². The molecule has 0 bridgehead atoms. The average Bonchev–Trinajstić information content (AvgIpc) is 2.59. The summed E-state index contributed by atoms with van der Waals surface area (Å²) in [7, 11) is 0. The Balaban J connectivity index is 1.81. The number of hydrogen-bond acceptors (Lipinski definition) is 3. The molecule has 0 radical (unpaired) electrons. The van der Waals surface area contributed by atoms with Crippen molar-refractivity contribution >= 4 is 12.1 Å². The molecule has 1 aliphatic heterocycles. The lowest BCUT2D eigenvalue weighted by atomic mass is 9.92. The summed E-state index contributed by atoms with van der Waals surface area (Å²) in [5, 5.41) is 18.6. The molecule has 124 valence electrons. The molecule has 2 aromatic carbocycles. The van der Waals surface area contributed by atoms with Gasteiger partial charge in [-0.3, -0.25) is 4.90 Å². The summed E-state index contributed by atoms with van der Waals surface area (Å²) in [6, 6.07) is 13.7. The first-order valence-corrected chi connectivity index (χ1v) is 7.58. The van der Waals surface area contributed by atoms with Crippen molar-refractivity contribution in [2.45, 2.75) is 19.1 Å². The van der Waals surface area contributed by atoms with Gasteiger partial charge in [0.2, 0.25) is 0 Å². The smallest absolute Gasteiger partial charge is 0.408 e. The van der Waals surface area contributed by atoms with Crippen LogP contribution in [0.1, 0.15) is 22.7 Å². The third-order valence-electron chi connectivity index (χ3n) is 4.07. The first kappa shape index (κ1) is 15.9. The minimum absolute atomic E-state index is 0.154. The molecule has 24 heavy (non-hydrogen) atoms. The molecule has 0 saturated heterocycles. The molecular formula is C18H17NO5. The Kier molecular flexibility index (Phi) is 4.37. The third-order valence-corrected chi connectivity index (χ3v) is 4.07. The monoisotopic (exact) mass is 327 g/mol. The van der Waals surface area contributed by atoms with Crippen LogP contribution in [-0.4, -0.2) is 33.7 Å². The van der Waals surface area contributed by atoms with Crippen LogP contribution in [0.2, 0.25) is 0 Å². The average molecular weight is 327 g/mol. The second kappa shape index (κ2) is 6.62. The number of nitrogens with zero attached hydrogens (tertiary/aromatic N) is 1. The van der Waals surface area contributed by atoms with Crippen LogP contribution in [0.3, 0.4) is 0 Å². The topological polar surface area (TPSA) is 87.1 Å². The number of aliphatic carboxylic acids is 1. The van der Waals surface area contributed by atoms with E-state index in [2.05, 4.69) is 0 Å². The summed E-state index contributed by atoms with van der Waals surface area (Å²) in [4.78, 5) is 23.7. The van der Waals surface area contributed by atoms with Crippen LogP contribution >= 0.6 is 0 Å². The maximum Gasteiger partial charge on any atom is 0.408 e. The molecule has 0 aromatic heterocycles. The third kappa shape index (κ3) is 3.17. The van der Waals surface area contributed by atoms with Gasteiger partial charge in [-0.1, -0.05) is 36.4 Å². The van der Waals surface area contributed by atoms with Crippen molar-refractivity contribution in [1.29, 1.82) is 0 Å². The zero-order valence-corrected chi connectivity index (χ0v) is 12.9. The zero-order valence-electron chi connectivity index (χ0n) is 12.9. The molecular weight excluding hydrogens is 310 g/mol. The van der Waals surface area contributed by atoms with Crippen LogP contribution in [0.25, 0.3) is 0 Å². The van der Waals surface area contributed by atoms with E-state index in [1.807, 2.05) is 30.3 Å². The van der Waals surface area contributed by atoms with Crippen molar-refractivity contribution in [3.05, 3.63) is 65.2 Å². The summed E-state index contributed by atoms with van der Waals surface area (Å²) in [5.41, 5.74) is 2.35. The minimum atomic E-state index is -1.22. The van der Waals surface area contributed by atoms with E-state index in [-0.39, 0.29) is 6.54 Å². The Morgan fingerprint density at radius 2 is 1.88 bits per heavy atom. The van der Waals surface area contributed by atoms with Crippen LogP contribution < -0.4 is 4.74 Å². The lowest BCUT2D eigenvalue weighted by Gasteiger charge is -2.32. The minimum Gasteiger partial charge on any atom is -0.489 e. The molecule has 0 fully saturated rings. The molecule has 2 aromatic rings. The highest BCUT2D eigenvalue weighted by molar-refractivity contribution is 5.82. The Hall–Kier alpha value is -3.02. The number of carboxylic acid groups (broad SMARTS) is 2. The molecule has 0 spiro atoms. The van der Waals surface area contributed by atoms with E-state index in [4.69, 9.17) is 4.74 Å². The van der Waals surface area contributed by atoms with Crippen molar-refractivity contribution in [2.24, 2.45) is 0 Å². The molecule has 2 N–H and O–H groups in total. The highest BCUT2D eigenvalue weighted by atomic mass is 16.5. The molecule has 1 heterocycles. The number of hydrogen-bond donors (Lipinski definition) is 2. The fraction of sp³-hybridized carbons (Fsp3) is 0.222. The summed E-state index contributed by atoms with van der Waals surface area (Å²) < 4.78 is 5.75. The SMILES string of the molecule is O=C(O)C1c2ccc(OCc3ccccc3)cc2CCN1C(=O)O. The second-order valence-electron chi connectivity index (χ2n) is 5.60. The Morgan fingerprint density at radius 1 is 1.12 bits per heavy atom. The maximum atomic E-state index is 11.5. The predicted molar refractivity (Wildman–Crippen MR) is 86.0 cm³/mol. The maximum absolute atomic E-state index is 11.5. The van der Waals surface area contributed by atoms with Gasteiger partial charge in [0.15, 0.2) is 6.04 Å². The quantitative estimate of drug-likeness (QED) is 0.901. The normalized spacial score (nSPS) is 16.3. The molecule has 0 saturated carbocycles. The first-order chi connectivity index (χ1) is 11.6. The molecule has 0 aliphatic carbocycles.